The largest absolute Gasteiger partial charge is 0.346 e. The molecular weight excluding hydrogens is 265 g/mol. The molecule has 0 aliphatic rings. The highest BCUT2D eigenvalue weighted by atomic mass is 35.5. The number of benzene rings is 2. The smallest absolute Gasteiger partial charge is 0.251 e. The lowest BCUT2D eigenvalue weighted by molar-refractivity contribution is 0.0940. The third-order valence-corrected chi connectivity index (χ3v) is 3.08. The summed E-state index contributed by atoms with van der Waals surface area (Å²) in [6, 6.07) is 12.6. The van der Waals surface area contributed by atoms with E-state index in [1.54, 1.807) is 12.1 Å². The van der Waals surface area contributed by atoms with Crippen LogP contribution in [-0.4, -0.2) is 5.91 Å². The molecule has 1 atom stereocenters. The topological polar surface area (TPSA) is 29.1 Å². The van der Waals surface area contributed by atoms with Crippen LogP contribution in [0.25, 0.3) is 0 Å². The lowest BCUT2D eigenvalue weighted by atomic mass is 10.1. The number of carbonyl (C=O) groups is 1. The van der Waals surface area contributed by atoms with E-state index in [9.17, 15) is 9.18 Å². The molecule has 0 bridgehead atoms. The monoisotopic (exact) mass is 277 g/mol. The zero-order valence-corrected chi connectivity index (χ0v) is 11.1. The Labute approximate surface area is 116 Å². The summed E-state index contributed by atoms with van der Waals surface area (Å²) < 4.78 is 12.8. The van der Waals surface area contributed by atoms with Crippen LogP contribution < -0.4 is 5.32 Å². The number of hydrogen-bond acceptors (Lipinski definition) is 1. The molecule has 2 rings (SSSR count). The van der Waals surface area contributed by atoms with Crippen LogP contribution in [0, 0.1) is 5.82 Å². The van der Waals surface area contributed by atoms with Crippen molar-refractivity contribution in [3.8, 4) is 0 Å². The van der Waals surface area contributed by atoms with Crippen LogP contribution >= 0.6 is 11.6 Å². The van der Waals surface area contributed by atoms with Gasteiger partial charge in [-0.1, -0.05) is 23.7 Å². The number of amides is 1. The van der Waals surface area contributed by atoms with Crippen molar-refractivity contribution in [2.24, 2.45) is 0 Å². The first kappa shape index (κ1) is 13.6. The molecule has 0 aromatic heterocycles. The Morgan fingerprint density at radius 1 is 1.11 bits per heavy atom. The van der Waals surface area contributed by atoms with Crippen LogP contribution in [0.1, 0.15) is 28.9 Å². The Morgan fingerprint density at radius 2 is 1.68 bits per heavy atom. The van der Waals surface area contributed by atoms with Crippen molar-refractivity contribution in [1.29, 1.82) is 0 Å². The fourth-order valence-electron chi connectivity index (χ4n) is 1.72. The van der Waals surface area contributed by atoms with E-state index in [4.69, 9.17) is 11.6 Å². The Bertz CT molecular complexity index is 566. The molecule has 2 aromatic rings. The third kappa shape index (κ3) is 3.55. The van der Waals surface area contributed by atoms with Gasteiger partial charge in [0.15, 0.2) is 0 Å². The second-order valence-electron chi connectivity index (χ2n) is 4.25. The number of carbonyl (C=O) groups excluding carboxylic acids is 1. The van der Waals surface area contributed by atoms with E-state index in [0.29, 0.717) is 10.6 Å². The molecule has 4 heteroatoms. The first-order valence-corrected chi connectivity index (χ1v) is 6.26. The molecule has 0 saturated carbocycles. The van der Waals surface area contributed by atoms with Crippen molar-refractivity contribution in [3.05, 3.63) is 70.5 Å². The van der Waals surface area contributed by atoms with Crippen LogP contribution in [0.2, 0.25) is 5.02 Å². The zero-order valence-electron chi connectivity index (χ0n) is 10.4. The molecule has 0 saturated heterocycles. The van der Waals surface area contributed by atoms with E-state index in [-0.39, 0.29) is 17.8 Å². The van der Waals surface area contributed by atoms with Gasteiger partial charge in [-0.3, -0.25) is 4.79 Å². The minimum Gasteiger partial charge on any atom is -0.346 e. The highest BCUT2D eigenvalue weighted by Crippen LogP contribution is 2.16. The minimum absolute atomic E-state index is 0.144. The van der Waals surface area contributed by atoms with Crippen molar-refractivity contribution >= 4 is 17.5 Å². The normalized spacial score (nSPS) is 11.9. The van der Waals surface area contributed by atoms with Gasteiger partial charge in [-0.2, -0.15) is 0 Å². The maximum Gasteiger partial charge on any atom is 0.251 e. The van der Waals surface area contributed by atoms with E-state index in [1.807, 2.05) is 19.1 Å². The predicted molar refractivity (Wildman–Crippen MR) is 73.7 cm³/mol. The molecule has 0 unspecified atom stereocenters. The fourth-order valence-corrected chi connectivity index (χ4v) is 1.84. The van der Waals surface area contributed by atoms with Gasteiger partial charge in [0, 0.05) is 10.6 Å². The lowest BCUT2D eigenvalue weighted by Crippen LogP contribution is -2.26. The molecule has 98 valence electrons. The Kier molecular flexibility index (Phi) is 4.17. The van der Waals surface area contributed by atoms with E-state index in [1.165, 1.54) is 24.3 Å². The van der Waals surface area contributed by atoms with Gasteiger partial charge in [0.25, 0.3) is 5.91 Å². The Hall–Kier alpha value is -1.87. The number of rotatable bonds is 3. The molecule has 19 heavy (non-hydrogen) atoms. The maximum absolute atomic E-state index is 12.8. The summed E-state index contributed by atoms with van der Waals surface area (Å²) in [4.78, 5) is 11.9. The van der Waals surface area contributed by atoms with Crippen molar-refractivity contribution < 1.29 is 9.18 Å². The molecule has 2 nitrogen and oxygen atoms in total. The summed E-state index contributed by atoms with van der Waals surface area (Å²) in [6.07, 6.45) is 0. The van der Waals surface area contributed by atoms with Crippen molar-refractivity contribution in [2.75, 3.05) is 0 Å². The maximum atomic E-state index is 12.8. The Balaban J connectivity index is 2.06. The summed E-state index contributed by atoms with van der Waals surface area (Å²) in [7, 11) is 0. The van der Waals surface area contributed by atoms with Crippen LogP contribution in [0.4, 0.5) is 4.39 Å². The van der Waals surface area contributed by atoms with Gasteiger partial charge >= 0.3 is 0 Å². The number of nitrogens with one attached hydrogen (secondary N) is 1. The molecular formula is C15H13ClFNO. The van der Waals surface area contributed by atoms with Crippen LogP contribution in [0.3, 0.4) is 0 Å². The molecule has 1 amide bonds. The third-order valence-electron chi connectivity index (χ3n) is 2.82. The summed E-state index contributed by atoms with van der Waals surface area (Å²) >= 11 is 5.81. The summed E-state index contributed by atoms with van der Waals surface area (Å²) in [5, 5.41) is 3.50. The fraction of sp³-hybridized carbons (Fsp3) is 0.133. The zero-order chi connectivity index (χ0) is 13.8. The quantitative estimate of drug-likeness (QED) is 0.904. The summed E-state index contributed by atoms with van der Waals surface area (Å²) in [5.74, 6) is -0.593. The van der Waals surface area contributed by atoms with E-state index in [2.05, 4.69) is 5.32 Å². The average molecular weight is 278 g/mol. The van der Waals surface area contributed by atoms with Crippen LogP contribution in [-0.2, 0) is 0 Å². The summed E-state index contributed by atoms with van der Waals surface area (Å²) in [5.41, 5.74) is 1.39. The van der Waals surface area contributed by atoms with Gasteiger partial charge in [-0.25, -0.2) is 4.39 Å². The lowest BCUT2D eigenvalue weighted by Gasteiger charge is -2.14. The van der Waals surface area contributed by atoms with Crippen molar-refractivity contribution in [3.63, 3.8) is 0 Å². The molecule has 0 heterocycles. The Morgan fingerprint density at radius 3 is 2.26 bits per heavy atom. The van der Waals surface area contributed by atoms with E-state index >= 15 is 0 Å². The SMILES string of the molecule is C[C@H](NC(=O)c1ccc(F)cc1)c1ccc(Cl)cc1. The molecule has 0 fully saturated rings. The molecule has 0 radical (unpaired) electrons. The number of halogens is 2. The van der Waals surface area contributed by atoms with Crippen LogP contribution in [0.5, 0.6) is 0 Å². The van der Waals surface area contributed by atoms with Gasteiger partial charge in [0.1, 0.15) is 5.82 Å². The minimum atomic E-state index is -0.359. The van der Waals surface area contributed by atoms with Gasteiger partial charge in [0.05, 0.1) is 6.04 Å². The van der Waals surface area contributed by atoms with Gasteiger partial charge < -0.3 is 5.32 Å². The van der Waals surface area contributed by atoms with Gasteiger partial charge in [0.2, 0.25) is 0 Å². The first-order valence-electron chi connectivity index (χ1n) is 5.88. The predicted octanol–water partition coefficient (Wildman–Crippen LogP) is 3.97. The highest BCUT2D eigenvalue weighted by molar-refractivity contribution is 6.30. The van der Waals surface area contributed by atoms with Crippen molar-refractivity contribution in [1.82, 2.24) is 5.32 Å². The molecule has 0 aliphatic carbocycles. The molecule has 1 N–H and O–H groups in total. The standard InChI is InChI=1S/C15H13ClFNO/c1-10(11-2-6-13(16)7-3-11)18-15(19)12-4-8-14(17)9-5-12/h2-10H,1H3,(H,18,19)/t10-/m0/s1. The molecule has 0 aliphatic heterocycles. The van der Waals surface area contributed by atoms with Gasteiger partial charge in [-0.15, -0.1) is 0 Å². The number of hydrogen-bond donors (Lipinski definition) is 1. The van der Waals surface area contributed by atoms with Crippen molar-refractivity contribution in [2.45, 2.75) is 13.0 Å². The molecule has 0 spiro atoms. The average Bonchev–Trinajstić information content (AvgIpc) is 2.40. The van der Waals surface area contributed by atoms with Crippen LogP contribution in [0.15, 0.2) is 48.5 Å². The van der Waals surface area contributed by atoms with Gasteiger partial charge in [-0.05, 0) is 48.9 Å². The first-order chi connectivity index (χ1) is 9.06. The van der Waals surface area contributed by atoms with E-state index in [0.717, 1.165) is 5.56 Å². The summed E-state index contributed by atoms with van der Waals surface area (Å²) in [6.45, 7) is 1.88. The highest BCUT2D eigenvalue weighted by Gasteiger charge is 2.11. The van der Waals surface area contributed by atoms with E-state index < -0.39 is 0 Å². The second-order valence-corrected chi connectivity index (χ2v) is 4.69. The molecule has 2 aromatic carbocycles. The second kappa shape index (κ2) is 5.85.